The number of halogens is 3. The van der Waals surface area contributed by atoms with E-state index < -0.39 is 34.4 Å². The van der Waals surface area contributed by atoms with Gasteiger partial charge in [-0.25, -0.2) is 0 Å². The maximum atomic E-state index is 12.8. The molecule has 0 aromatic heterocycles. The Bertz CT molecular complexity index is 546. The van der Waals surface area contributed by atoms with Gasteiger partial charge in [-0.1, -0.05) is 0 Å². The molecule has 0 saturated heterocycles. The van der Waals surface area contributed by atoms with Crippen LogP contribution in [0.3, 0.4) is 0 Å². The van der Waals surface area contributed by atoms with E-state index in [0.717, 1.165) is 6.07 Å². The molecule has 9 heteroatoms. The summed E-state index contributed by atoms with van der Waals surface area (Å²) in [5, 5.41) is 12.8. The third kappa shape index (κ3) is 4.71. The van der Waals surface area contributed by atoms with E-state index in [2.05, 4.69) is 5.32 Å². The first-order valence-electron chi connectivity index (χ1n) is 5.83. The van der Waals surface area contributed by atoms with Crippen LogP contribution < -0.4 is 5.32 Å². The zero-order chi connectivity index (χ0) is 16.2. The Morgan fingerprint density at radius 1 is 1.48 bits per heavy atom. The number of anilines is 1. The molecule has 0 saturated carbocycles. The fourth-order valence-electron chi connectivity index (χ4n) is 1.56. The van der Waals surface area contributed by atoms with E-state index in [-0.39, 0.29) is 12.1 Å². The number of nitro groups is 1. The van der Waals surface area contributed by atoms with E-state index in [0.29, 0.717) is 12.1 Å². The number of benzene rings is 1. The average molecular weight is 306 g/mol. The molecule has 0 aliphatic carbocycles. The Morgan fingerprint density at radius 2 is 2.10 bits per heavy atom. The molecule has 6 nitrogen and oxygen atoms in total. The quantitative estimate of drug-likeness (QED) is 0.669. The zero-order valence-corrected chi connectivity index (χ0v) is 11.2. The molecule has 21 heavy (non-hydrogen) atoms. The monoisotopic (exact) mass is 306 g/mol. The molecule has 0 radical (unpaired) electrons. The highest BCUT2D eigenvalue weighted by Crippen LogP contribution is 2.37. The minimum absolute atomic E-state index is 0.0468. The average Bonchev–Trinajstić information content (AvgIpc) is 2.36. The third-order valence-corrected chi connectivity index (χ3v) is 2.66. The second-order valence-corrected chi connectivity index (χ2v) is 4.29. The molecule has 1 N–H and O–H groups in total. The minimum Gasteiger partial charge on any atom is -0.381 e. The molecule has 0 spiro atoms. The number of nitrogens with zero attached hydrogens (tertiary/aromatic N) is 1. The highest BCUT2D eigenvalue weighted by Gasteiger charge is 2.38. The van der Waals surface area contributed by atoms with Crippen LogP contribution in [0.4, 0.5) is 24.5 Å². The summed E-state index contributed by atoms with van der Waals surface area (Å²) in [4.78, 5) is 21.0. The van der Waals surface area contributed by atoms with Crippen molar-refractivity contribution in [2.45, 2.75) is 25.6 Å². The van der Waals surface area contributed by atoms with E-state index in [4.69, 9.17) is 4.74 Å². The summed E-state index contributed by atoms with van der Waals surface area (Å²) in [5.41, 5.74) is -2.64. The number of nitrogens with one attached hydrogen (secondary N) is 1. The van der Waals surface area contributed by atoms with Crippen molar-refractivity contribution in [1.29, 1.82) is 0 Å². The molecular formula is C12H13F3N2O4. The van der Waals surface area contributed by atoms with Gasteiger partial charge in [0.15, 0.2) is 0 Å². The lowest BCUT2D eigenvalue weighted by atomic mass is 10.1. The van der Waals surface area contributed by atoms with Gasteiger partial charge >= 0.3 is 6.18 Å². The Labute approximate surface area is 118 Å². The minimum atomic E-state index is -4.89. The van der Waals surface area contributed by atoms with Crippen LogP contribution in [0.15, 0.2) is 18.2 Å². The number of amides is 1. The molecule has 0 aliphatic heterocycles. The van der Waals surface area contributed by atoms with Gasteiger partial charge < -0.3 is 10.1 Å². The Balaban J connectivity index is 3.01. The fraction of sp³-hybridized carbons (Fsp3) is 0.417. The van der Waals surface area contributed by atoms with Crippen molar-refractivity contribution in [3.05, 3.63) is 33.9 Å². The molecule has 1 atom stereocenters. The normalized spacial score (nSPS) is 12.8. The summed E-state index contributed by atoms with van der Waals surface area (Å²) in [6, 6.07) is 2.29. The molecule has 0 bridgehead atoms. The molecule has 1 rings (SSSR count). The number of rotatable bonds is 5. The van der Waals surface area contributed by atoms with Gasteiger partial charge in [-0.2, -0.15) is 13.2 Å². The van der Waals surface area contributed by atoms with E-state index in [1.807, 2.05) is 0 Å². The number of ether oxygens (including phenoxy) is 1. The van der Waals surface area contributed by atoms with Gasteiger partial charge in [-0.15, -0.1) is 0 Å². The van der Waals surface area contributed by atoms with Gasteiger partial charge in [-0.05, 0) is 19.1 Å². The van der Waals surface area contributed by atoms with Crippen LogP contribution in [-0.2, 0) is 15.7 Å². The van der Waals surface area contributed by atoms with Crippen molar-refractivity contribution < 1.29 is 27.6 Å². The number of methoxy groups -OCH3 is 1. The third-order valence-electron chi connectivity index (χ3n) is 2.66. The van der Waals surface area contributed by atoms with Gasteiger partial charge in [0.1, 0.15) is 5.56 Å². The van der Waals surface area contributed by atoms with Gasteiger partial charge in [0.05, 0.1) is 17.4 Å². The van der Waals surface area contributed by atoms with Crippen molar-refractivity contribution in [3.8, 4) is 0 Å². The summed E-state index contributed by atoms with van der Waals surface area (Å²) in [7, 11) is 1.39. The van der Waals surface area contributed by atoms with E-state index in [1.54, 1.807) is 6.92 Å². The molecule has 0 aliphatic rings. The zero-order valence-electron chi connectivity index (χ0n) is 11.2. The Hall–Kier alpha value is -2.16. The number of hydrogen-bond donors (Lipinski definition) is 1. The summed E-state index contributed by atoms with van der Waals surface area (Å²) < 4.78 is 43.1. The van der Waals surface area contributed by atoms with Gasteiger partial charge in [0, 0.05) is 18.9 Å². The predicted molar refractivity (Wildman–Crippen MR) is 67.8 cm³/mol. The number of alkyl halides is 3. The summed E-state index contributed by atoms with van der Waals surface area (Å²) in [5.74, 6) is -0.550. The second-order valence-electron chi connectivity index (χ2n) is 4.29. The number of nitro benzene ring substituents is 1. The van der Waals surface area contributed by atoms with Crippen LogP contribution in [0.1, 0.15) is 18.9 Å². The van der Waals surface area contributed by atoms with Crippen LogP contribution in [0.2, 0.25) is 0 Å². The first kappa shape index (κ1) is 16.9. The second kappa shape index (κ2) is 6.53. The van der Waals surface area contributed by atoms with Crippen molar-refractivity contribution in [3.63, 3.8) is 0 Å². The smallest absolute Gasteiger partial charge is 0.381 e. The maximum Gasteiger partial charge on any atom is 0.423 e. The van der Waals surface area contributed by atoms with Gasteiger partial charge in [-0.3, -0.25) is 14.9 Å². The lowest BCUT2D eigenvalue weighted by molar-refractivity contribution is -0.388. The van der Waals surface area contributed by atoms with Gasteiger partial charge in [0.2, 0.25) is 5.91 Å². The van der Waals surface area contributed by atoms with Gasteiger partial charge in [0.25, 0.3) is 5.69 Å². The summed E-state index contributed by atoms with van der Waals surface area (Å²) in [6.07, 6.45) is -5.33. The lowest BCUT2D eigenvalue weighted by Crippen LogP contribution is -2.19. The van der Waals surface area contributed by atoms with Crippen molar-refractivity contribution in [2.75, 3.05) is 12.4 Å². The van der Waals surface area contributed by atoms with Crippen molar-refractivity contribution in [2.24, 2.45) is 0 Å². The SMILES string of the molecule is COC(C)CC(=O)Nc1ccc([N+](=O)[O-])c(C(F)(F)F)c1. The molecule has 1 aromatic rings. The number of carbonyl (C=O) groups excluding carboxylic acids is 1. The highest BCUT2D eigenvalue weighted by molar-refractivity contribution is 5.91. The highest BCUT2D eigenvalue weighted by atomic mass is 19.4. The van der Waals surface area contributed by atoms with E-state index in [9.17, 15) is 28.1 Å². The van der Waals surface area contributed by atoms with Crippen LogP contribution in [-0.4, -0.2) is 24.0 Å². The Morgan fingerprint density at radius 3 is 2.57 bits per heavy atom. The summed E-state index contributed by atoms with van der Waals surface area (Å²) in [6.45, 7) is 1.62. The molecule has 0 fully saturated rings. The number of carbonyl (C=O) groups is 1. The first-order chi connectivity index (χ1) is 9.65. The van der Waals surface area contributed by atoms with E-state index >= 15 is 0 Å². The predicted octanol–water partition coefficient (Wildman–Crippen LogP) is 2.98. The van der Waals surface area contributed by atoms with E-state index in [1.165, 1.54) is 7.11 Å². The fourth-order valence-corrected chi connectivity index (χ4v) is 1.56. The van der Waals surface area contributed by atoms with Crippen molar-refractivity contribution >= 4 is 17.3 Å². The Kier molecular flexibility index (Phi) is 5.25. The molecule has 1 aromatic carbocycles. The van der Waals surface area contributed by atoms with Crippen LogP contribution in [0.25, 0.3) is 0 Å². The maximum absolute atomic E-state index is 12.8. The standard InChI is InChI=1S/C12H13F3N2O4/c1-7(21-2)5-11(18)16-8-3-4-10(17(19)20)9(6-8)12(13,14)15/h3-4,6-7H,5H2,1-2H3,(H,16,18). The summed E-state index contributed by atoms with van der Waals surface area (Å²) >= 11 is 0. The topological polar surface area (TPSA) is 81.5 Å². The van der Waals surface area contributed by atoms with Crippen molar-refractivity contribution in [1.82, 2.24) is 0 Å². The first-order valence-corrected chi connectivity index (χ1v) is 5.83. The lowest BCUT2D eigenvalue weighted by Gasteiger charge is -2.12. The number of hydrogen-bond acceptors (Lipinski definition) is 4. The molecular weight excluding hydrogens is 293 g/mol. The molecule has 1 unspecified atom stereocenters. The van der Waals surface area contributed by atoms with Crippen LogP contribution >= 0.6 is 0 Å². The van der Waals surface area contributed by atoms with Crippen LogP contribution in [0, 0.1) is 10.1 Å². The largest absolute Gasteiger partial charge is 0.423 e. The molecule has 0 heterocycles. The molecule has 116 valence electrons. The molecule has 1 amide bonds. The van der Waals surface area contributed by atoms with Crippen LogP contribution in [0.5, 0.6) is 0 Å².